The van der Waals surface area contributed by atoms with Gasteiger partial charge in [-0.2, -0.15) is 0 Å². The quantitative estimate of drug-likeness (QED) is 0.773. The molecular formula is C19H26N3O3. The Morgan fingerprint density at radius 2 is 2.08 bits per heavy atom. The molecule has 1 radical (unpaired) electrons. The molecule has 1 heterocycles. The van der Waals surface area contributed by atoms with E-state index in [1.54, 1.807) is 11.8 Å². The second-order valence-corrected chi connectivity index (χ2v) is 6.50. The molecule has 2 atom stereocenters. The highest BCUT2D eigenvalue weighted by Gasteiger charge is 2.30. The number of amides is 2. The van der Waals surface area contributed by atoms with Gasteiger partial charge in [-0.25, -0.2) is 0 Å². The largest absolute Gasteiger partial charge is 0.369 e. The zero-order valence-corrected chi connectivity index (χ0v) is 14.6. The molecule has 6 heteroatoms. The summed E-state index contributed by atoms with van der Waals surface area (Å²) in [5.41, 5.74) is 6.23. The first-order valence-electron chi connectivity index (χ1n) is 8.69. The highest BCUT2D eigenvalue weighted by atomic mass is 16.2. The predicted molar refractivity (Wildman–Crippen MR) is 95.2 cm³/mol. The third-order valence-corrected chi connectivity index (χ3v) is 4.49. The molecule has 1 saturated heterocycles. The summed E-state index contributed by atoms with van der Waals surface area (Å²) < 4.78 is 0. The van der Waals surface area contributed by atoms with Crippen molar-refractivity contribution in [3.05, 3.63) is 42.3 Å². The van der Waals surface area contributed by atoms with Gasteiger partial charge in [-0.15, -0.1) is 0 Å². The first-order valence-corrected chi connectivity index (χ1v) is 8.69. The van der Waals surface area contributed by atoms with E-state index < -0.39 is 17.9 Å². The minimum Gasteiger partial charge on any atom is -0.369 e. The van der Waals surface area contributed by atoms with Gasteiger partial charge in [-0.05, 0) is 31.4 Å². The number of rotatable bonds is 7. The van der Waals surface area contributed by atoms with Crippen LogP contribution in [-0.2, 0) is 20.9 Å². The van der Waals surface area contributed by atoms with E-state index in [9.17, 15) is 14.4 Å². The third kappa shape index (κ3) is 5.67. The van der Waals surface area contributed by atoms with Gasteiger partial charge in [-0.1, -0.05) is 37.3 Å². The van der Waals surface area contributed by atoms with E-state index in [4.69, 9.17) is 5.73 Å². The number of hydrogen-bond acceptors (Lipinski definition) is 4. The normalized spacial score (nSPS) is 19.1. The Labute approximate surface area is 148 Å². The lowest BCUT2D eigenvalue weighted by Crippen LogP contribution is -2.46. The minimum atomic E-state index is -0.442. The smallest absolute Gasteiger partial charge is 0.227 e. The summed E-state index contributed by atoms with van der Waals surface area (Å²) in [4.78, 5) is 38.0. The monoisotopic (exact) mass is 344 g/mol. The van der Waals surface area contributed by atoms with Gasteiger partial charge in [0.15, 0.2) is 5.78 Å². The summed E-state index contributed by atoms with van der Waals surface area (Å²) in [5.74, 6) is -1.04. The van der Waals surface area contributed by atoms with Crippen molar-refractivity contribution in [2.24, 2.45) is 11.7 Å². The van der Waals surface area contributed by atoms with Gasteiger partial charge in [0.1, 0.15) is 0 Å². The van der Waals surface area contributed by atoms with Crippen molar-refractivity contribution in [2.75, 3.05) is 13.1 Å². The van der Waals surface area contributed by atoms with Crippen molar-refractivity contribution in [2.45, 2.75) is 38.8 Å². The molecule has 0 aliphatic carbocycles. The summed E-state index contributed by atoms with van der Waals surface area (Å²) in [6, 6.07) is 9.16. The van der Waals surface area contributed by atoms with Crippen molar-refractivity contribution in [3.63, 3.8) is 0 Å². The molecule has 2 amide bonds. The van der Waals surface area contributed by atoms with Crippen molar-refractivity contribution in [1.29, 1.82) is 0 Å². The summed E-state index contributed by atoms with van der Waals surface area (Å²) in [7, 11) is 0. The molecule has 0 aromatic heterocycles. The van der Waals surface area contributed by atoms with E-state index in [1.807, 2.05) is 30.3 Å². The molecule has 6 nitrogen and oxygen atoms in total. The van der Waals surface area contributed by atoms with Crippen molar-refractivity contribution < 1.29 is 14.4 Å². The molecule has 0 spiro atoms. The number of hydrogen-bond donors (Lipinski definition) is 2. The zero-order valence-electron chi connectivity index (χ0n) is 14.6. The fourth-order valence-corrected chi connectivity index (χ4v) is 2.87. The SMILES string of the molecule is CC(C[CH]C(=O)N(Cc1ccccc1)[C@H]1CCCNCC1=O)C(N)=O. The van der Waals surface area contributed by atoms with Gasteiger partial charge < -0.3 is 16.0 Å². The van der Waals surface area contributed by atoms with Crippen LogP contribution in [-0.4, -0.2) is 41.6 Å². The van der Waals surface area contributed by atoms with Gasteiger partial charge >= 0.3 is 0 Å². The van der Waals surface area contributed by atoms with Crippen LogP contribution in [0, 0.1) is 12.3 Å². The first-order chi connectivity index (χ1) is 12.0. The Morgan fingerprint density at radius 3 is 2.76 bits per heavy atom. The maximum absolute atomic E-state index is 12.8. The number of benzene rings is 1. The van der Waals surface area contributed by atoms with E-state index >= 15 is 0 Å². The van der Waals surface area contributed by atoms with E-state index in [1.165, 1.54) is 6.42 Å². The van der Waals surface area contributed by atoms with E-state index in [-0.39, 0.29) is 24.7 Å². The van der Waals surface area contributed by atoms with Crippen LogP contribution in [0.1, 0.15) is 31.7 Å². The molecule has 135 valence electrons. The van der Waals surface area contributed by atoms with Crippen molar-refractivity contribution >= 4 is 17.6 Å². The molecule has 0 saturated carbocycles. The summed E-state index contributed by atoms with van der Waals surface area (Å²) in [5, 5.41) is 3.09. The van der Waals surface area contributed by atoms with Crippen molar-refractivity contribution in [1.82, 2.24) is 10.2 Å². The topological polar surface area (TPSA) is 92.5 Å². The van der Waals surface area contributed by atoms with E-state index in [0.717, 1.165) is 18.5 Å². The van der Waals surface area contributed by atoms with Gasteiger partial charge in [0.05, 0.1) is 19.0 Å². The van der Waals surface area contributed by atoms with Crippen LogP contribution in [0.2, 0.25) is 0 Å². The standard InChI is InChI=1S/C19H26N3O3/c1-14(19(20)25)9-10-18(24)22(13-15-6-3-2-4-7-15)16-8-5-11-21-12-17(16)23/h2-4,6-7,10,14,16,21H,5,8-9,11-13H2,1H3,(H2,20,25)/t14?,16-/m0/s1. The Morgan fingerprint density at radius 1 is 1.36 bits per heavy atom. The van der Waals surface area contributed by atoms with Gasteiger partial charge in [-0.3, -0.25) is 14.4 Å². The molecule has 1 aliphatic rings. The highest BCUT2D eigenvalue weighted by Crippen LogP contribution is 2.18. The van der Waals surface area contributed by atoms with Crippen LogP contribution in [0.3, 0.4) is 0 Å². The average Bonchev–Trinajstić information content (AvgIpc) is 2.82. The Balaban J connectivity index is 2.14. The number of carbonyl (C=O) groups is 3. The second kappa shape index (κ2) is 9.32. The van der Waals surface area contributed by atoms with Crippen LogP contribution >= 0.6 is 0 Å². The summed E-state index contributed by atoms with van der Waals surface area (Å²) in [6.07, 6.45) is 3.23. The molecule has 3 N–H and O–H groups in total. The predicted octanol–water partition coefficient (Wildman–Crippen LogP) is 1.05. The number of nitrogens with two attached hydrogens (primary N) is 1. The van der Waals surface area contributed by atoms with Crippen LogP contribution in [0.5, 0.6) is 0 Å². The number of nitrogens with zero attached hydrogens (tertiary/aromatic N) is 1. The van der Waals surface area contributed by atoms with E-state index in [2.05, 4.69) is 5.32 Å². The zero-order chi connectivity index (χ0) is 18.2. The molecule has 2 rings (SSSR count). The number of primary amides is 1. The Hall–Kier alpha value is -2.21. The Kier molecular flexibility index (Phi) is 7.13. The molecular weight excluding hydrogens is 318 g/mol. The lowest BCUT2D eigenvalue weighted by Gasteiger charge is -2.30. The fraction of sp³-hybridized carbons (Fsp3) is 0.474. The number of nitrogens with one attached hydrogen (secondary N) is 1. The van der Waals surface area contributed by atoms with Crippen LogP contribution in [0.15, 0.2) is 30.3 Å². The summed E-state index contributed by atoms with van der Waals surface area (Å²) >= 11 is 0. The summed E-state index contributed by atoms with van der Waals surface area (Å²) in [6.45, 7) is 3.12. The average molecular weight is 344 g/mol. The Bertz CT molecular complexity index is 603. The lowest BCUT2D eigenvalue weighted by atomic mass is 10.0. The lowest BCUT2D eigenvalue weighted by molar-refractivity contribution is -0.137. The molecule has 1 fully saturated rings. The maximum Gasteiger partial charge on any atom is 0.227 e. The highest BCUT2D eigenvalue weighted by molar-refractivity contribution is 5.93. The number of Topliss-reactive ketones (excluding diaryl/α,β-unsaturated/α-hetero) is 1. The third-order valence-electron chi connectivity index (χ3n) is 4.49. The molecule has 1 aromatic carbocycles. The first kappa shape index (κ1) is 19.1. The molecule has 1 aliphatic heterocycles. The van der Waals surface area contributed by atoms with Gasteiger partial charge in [0.25, 0.3) is 0 Å². The molecule has 1 unspecified atom stereocenters. The maximum atomic E-state index is 12.8. The fourth-order valence-electron chi connectivity index (χ4n) is 2.87. The minimum absolute atomic E-state index is 0.0260. The van der Waals surface area contributed by atoms with Crippen molar-refractivity contribution in [3.8, 4) is 0 Å². The van der Waals surface area contributed by atoms with E-state index in [0.29, 0.717) is 13.0 Å². The van der Waals surface area contributed by atoms with Crippen LogP contribution in [0.25, 0.3) is 0 Å². The van der Waals surface area contributed by atoms with Crippen LogP contribution in [0.4, 0.5) is 0 Å². The van der Waals surface area contributed by atoms with Gasteiger partial charge in [0.2, 0.25) is 11.8 Å². The second-order valence-electron chi connectivity index (χ2n) is 6.50. The number of ketones is 1. The molecule has 1 aromatic rings. The van der Waals surface area contributed by atoms with Crippen LogP contribution < -0.4 is 11.1 Å². The molecule has 25 heavy (non-hydrogen) atoms. The number of carbonyl (C=O) groups excluding carboxylic acids is 3. The molecule has 0 bridgehead atoms. The van der Waals surface area contributed by atoms with Gasteiger partial charge in [0, 0.05) is 12.5 Å².